The molecule has 1 aliphatic rings. The van der Waals surface area contributed by atoms with Crippen molar-refractivity contribution in [3.63, 3.8) is 0 Å². The van der Waals surface area contributed by atoms with E-state index in [9.17, 15) is 4.79 Å². The smallest absolute Gasteiger partial charge is 0.230 e. The second-order valence-corrected chi connectivity index (χ2v) is 5.29. The van der Waals surface area contributed by atoms with Crippen molar-refractivity contribution in [3.05, 3.63) is 23.8 Å². The number of methoxy groups -OCH3 is 1. The van der Waals surface area contributed by atoms with Crippen LogP contribution in [0.25, 0.3) is 0 Å². The van der Waals surface area contributed by atoms with E-state index in [1.54, 1.807) is 18.2 Å². The topological polar surface area (TPSA) is 74.1 Å². The van der Waals surface area contributed by atoms with E-state index in [1.807, 2.05) is 6.92 Å². The van der Waals surface area contributed by atoms with Gasteiger partial charge in [0.05, 0.1) is 24.4 Å². The van der Waals surface area contributed by atoms with Crippen molar-refractivity contribution in [1.82, 2.24) is 5.32 Å². The molecule has 106 valence electrons. The second kappa shape index (κ2) is 5.93. The highest BCUT2D eigenvalue weighted by Gasteiger charge is 2.34. The minimum Gasteiger partial charge on any atom is -0.495 e. The van der Waals surface area contributed by atoms with E-state index >= 15 is 0 Å². The molecule has 1 heterocycles. The van der Waals surface area contributed by atoms with Crippen LogP contribution >= 0.6 is 0 Å². The van der Waals surface area contributed by atoms with Crippen molar-refractivity contribution in [2.24, 2.45) is 5.41 Å². The van der Waals surface area contributed by atoms with Crippen molar-refractivity contribution in [2.45, 2.75) is 19.8 Å². The number of anilines is 1. The number of carbonyl (C=O) groups excluding carboxylic acids is 1. The maximum atomic E-state index is 12.5. The summed E-state index contributed by atoms with van der Waals surface area (Å²) in [6.45, 7) is 3.70. The Morgan fingerprint density at radius 1 is 1.45 bits per heavy atom. The zero-order valence-electron chi connectivity index (χ0n) is 11.8. The van der Waals surface area contributed by atoms with E-state index in [2.05, 4.69) is 16.7 Å². The first-order valence-electron chi connectivity index (χ1n) is 6.69. The van der Waals surface area contributed by atoms with Gasteiger partial charge >= 0.3 is 0 Å². The first-order chi connectivity index (χ1) is 9.59. The SMILES string of the molecule is COc1cc(C#N)ccc1NC(=O)C1(C)CCNCC1. The molecule has 0 spiro atoms. The lowest BCUT2D eigenvalue weighted by Crippen LogP contribution is -2.42. The number of nitrogens with one attached hydrogen (secondary N) is 2. The Kier molecular flexibility index (Phi) is 4.26. The molecule has 0 aliphatic carbocycles. The predicted octanol–water partition coefficient (Wildman–Crippen LogP) is 1.90. The Morgan fingerprint density at radius 2 is 2.15 bits per heavy atom. The van der Waals surface area contributed by atoms with Crippen LogP contribution in [0.4, 0.5) is 5.69 Å². The van der Waals surface area contributed by atoms with Crippen LogP contribution in [0.5, 0.6) is 5.75 Å². The predicted molar refractivity (Wildman–Crippen MR) is 76.5 cm³/mol. The molecule has 20 heavy (non-hydrogen) atoms. The first-order valence-corrected chi connectivity index (χ1v) is 6.69. The Morgan fingerprint density at radius 3 is 2.75 bits per heavy atom. The normalized spacial score (nSPS) is 17.1. The van der Waals surface area contributed by atoms with Gasteiger partial charge in [-0.25, -0.2) is 0 Å². The summed E-state index contributed by atoms with van der Waals surface area (Å²) in [5.74, 6) is 0.511. The van der Waals surface area contributed by atoms with Crippen LogP contribution in [0.2, 0.25) is 0 Å². The van der Waals surface area contributed by atoms with Gasteiger partial charge in [-0.05, 0) is 38.1 Å². The van der Waals surface area contributed by atoms with E-state index in [0.717, 1.165) is 25.9 Å². The molecule has 0 aromatic heterocycles. The maximum Gasteiger partial charge on any atom is 0.230 e. The van der Waals surface area contributed by atoms with Gasteiger partial charge in [0.15, 0.2) is 0 Å². The summed E-state index contributed by atoms with van der Waals surface area (Å²) >= 11 is 0. The number of ether oxygens (including phenoxy) is 1. The highest BCUT2D eigenvalue weighted by molar-refractivity contribution is 5.96. The second-order valence-electron chi connectivity index (χ2n) is 5.29. The number of hydrogen-bond donors (Lipinski definition) is 2. The molecule has 0 radical (unpaired) electrons. The van der Waals surface area contributed by atoms with Crippen LogP contribution in [0.1, 0.15) is 25.3 Å². The van der Waals surface area contributed by atoms with Crippen LogP contribution in [0, 0.1) is 16.7 Å². The minimum atomic E-state index is -0.357. The number of nitrogens with zero attached hydrogens (tertiary/aromatic N) is 1. The molecular formula is C15H19N3O2. The average molecular weight is 273 g/mol. The van der Waals surface area contributed by atoms with Gasteiger partial charge in [-0.15, -0.1) is 0 Å². The van der Waals surface area contributed by atoms with Crippen molar-refractivity contribution in [1.29, 1.82) is 5.26 Å². The molecule has 1 aliphatic heterocycles. The Bertz CT molecular complexity index is 543. The standard InChI is InChI=1S/C15H19N3O2/c1-15(5-7-17-8-6-15)14(19)18-12-4-3-11(10-16)9-13(12)20-2/h3-4,9,17H,5-8H2,1-2H3,(H,18,19). The Labute approximate surface area is 118 Å². The monoisotopic (exact) mass is 273 g/mol. The minimum absolute atomic E-state index is 0.00186. The fourth-order valence-electron chi connectivity index (χ4n) is 2.34. The zero-order valence-corrected chi connectivity index (χ0v) is 11.8. The zero-order chi connectivity index (χ0) is 14.6. The summed E-state index contributed by atoms with van der Waals surface area (Å²) in [7, 11) is 1.53. The molecule has 1 amide bonds. The molecule has 0 atom stereocenters. The largest absolute Gasteiger partial charge is 0.495 e. The molecule has 5 heteroatoms. The number of nitriles is 1. The summed E-state index contributed by atoms with van der Waals surface area (Å²) in [6, 6.07) is 7.06. The number of hydrogen-bond acceptors (Lipinski definition) is 4. The molecule has 1 aromatic rings. The fourth-order valence-corrected chi connectivity index (χ4v) is 2.34. The Hall–Kier alpha value is -2.06. The number of rotatable bonds is 3. The molecule has 0 bridgehead atoms. The summed E-state index contributed by atoms with van der Waals surface area (Å²) in [4.78, 5) is 12.5. The van der Waals surface area contributed by atoms with E-state index in [4.69, 9.17) is 10.00 Å². The quantitative estimate of drug-likeness (QED) is 0.882. The van der Waals surface area contributed by atoms with Gasteiger partial charge < -0.3 is 15.4 Å². The lowest BCUT2D eigenvalue weighted by Gasteiger charge is -2.32. The first kappa shape index (κ1) is 14.4. The van der Waals surface area contributed by atoms with E-state index in [0.29, 0.717) is 17.0 Å². The molecule has 1 aromatic carbocycles. The van der Waals surface area contributed by atoms with Crippen LogP contribution < -0.4 is 15.4 Å². The Balaban J connectivity index is 2.17. The van der Waals surface area contributed by atoms with Gasteiger partial charge in [0.2, 0.25) is 5.91 Å². The highest BCUT2D eigenvalue weighted by atomic mass is 16.5. The van der Waals surface area contributed by atoms with Gasteiger partial charge in [-0.1, -0.05) is 6.92 Å². The number of piperidine rings is 1. The van der Waals surface area contributed by atoms with E-state index < -0.39 is 0 Å². The van der Waals surface area contributed by atoms with Gasteiger partial charge in [-0.2, -0.15) is 5.26 Å². The van der Waals surface area contributed by atoms with Gasteiger partial charge in [0.1, 0.15) is 5.75 Å². The van der Waals surface area contributed by atoms with Crippen LogP contribution in [0.15, 0.2) is 18.2 Å². The molecular weight excluding hydrogens is 254 g/mol. The van der Waals surface area contributed by atoms with E-state index in [1.165, 1.54) is 7.11 Å². The molecule has 0 saturated carbocycles. The van der Waals surface area contributed by atoms with Gasteiger partial charge in [0.25, 0.3) is 0 Å². The van der Waals surface area contributed by atoms with E-state index in [-0.39, 0.29) is 11.3 Å². The molecule has 0 unspecified atom stereocenters. The number of benzene rings is 1. The summed E-state index contributed by atoms with van der Waals surface area (Å²) in [6.07, 6.45) is 1.63. The number of carbonyl (C=O) groups is 1. The van der Waals surface area contributed by atoms with Crippen molar-refractivity contribution in [3.8, 4) is 11.8 Å². The maximum absolute atomic E-state index is 12.5. The third kappa shape index (κ3) is 2.91. The van der Waals surface area contributed by atoms with Crippen molar-refractivity contribution in [2.75, 3.05) is 25.5 Å². The summed E-state index contributed by atoms with van der Waals surface area (Å²) < 4.78 is 5.23. The molecule has 2 rings (SSSR count). The van der Waals surface area contributed by atoms with Crippen LogP contribution in [-0.2, 0) is 4.79 Å². The summed E-state index contributed by atoms with van der Waals surface area (Å²) in [5, 5.41) is 15.1. The molecule has 5 nitrogen and oxygen atoms in total. The molecule has 1 saturated heterocycles. The van der Waals surface area contributed by atoms with Crippen LogP contribution in [0.3, 0.4) is 0 Å². The third-order valence-electron chi connectivity index (χ3n) is 3.83. The average Bonchev–Trinajstić information content (AvgIpc) is 2.48. The van der Waals surface area contributed by atoms with Gasteiger partial charge in [0, 0.05) is 11.5 Å². The van der Waals surface area contributed by atoms with Crippen molar-refractivity contribution >= 4 is 11.6 Å². The van der Waals surface area contributed by atoms with Crippen LogP contribution in [-0.4, -0.2) is 26.1 Å². The van der Waals surface area contributed by atoms with Gasteiger partial charge in [-0.3, -0.25) is 4.79 Å². The highest BCUT2D eigenvalue weighted by Crippen LogP contribution is 2.32. The molecule has 1 fully saturated rings. The summed E-state index contributed by atoms with van der Waals surface area (Å²) in [5.41, 5.74) is 0.758. The number of amides is 1. The lowest BCUT2D eigenvalue weighted by molar-refractivity contribution is -0.126. The van der Waals surface area contributed by atoms with Crippen molar-refractivity contribution < 1.29 is 9.53 Å². The third-order valence-corrected chi connectivity index (χ3v) is 3.83. The lowest BCUT2D eigenvalue weighted by atomic mass is 9.80. The molecule has 2 N–H and O–H groups in total. The fraction of sp³-hybridized carbons (Fsp3) is 0.467.